The van der Waals surface area contributed by atoms with Crippen LogP contribution >= 0.6 is 0 Å². The standard InChI is InChI=1S/C30H43N7O2/c1-8-10-12-21(11-9-2)35-28(34-7)26(27(32)33)23(31)16-14-20-17-22(15-13-19(20)3)36-29(38)24-18-25(39-37-24)30(4,5)6/h13,15,17-18,21H,8-12,31H2,1-7H3,(H3,32,33)(H,34,35)(H,36,38)/b26-23-. The number of benzene rings is 1. The van der Waals surface area contributed by atoms with Crippen molar-refractivity contribution in [2.24, 2.45) is 16.5 Å². The molecule has 1 unspecified atom stereocenters. The average Bonchev–Trinajstić information content (AvgIpc) is 3.38. The lowest BCUT2D eigenvalue weighted by atomic mass is 9.93. The van der Waals surface area contributed by atoms with Gasteiger partial charge >= 0.3 is 0 Å². The molecule has 0 radical (unpaired) electrons. The predicted molar refractivity (Wildman–Crippen MR) is 159 cm³/mol. The molecule has 0 aliphatic heterocycles. The third-order valence-corrected chi connectivity index (χ3v) is 6.19. The maximum atomic E-state index is 12.7. The number of hydrogen-bond acceptors (Lipinski definition) is 6. The summed E-state index contributed by atoms with van der Waals surface area (Å²) >= 11 is 0. The fourth-order valence-electron chi connectivity index (χ4n) is 3.89. The number of allylic oxidation sites excluding steroid dienone is 1. The van der Waals surface area contributed by atoms with Gasteiger partial charge in [-0.25, -0.2) is 0 Å². The van der Waals surface area contributed by atoms with Gasteiger partial charge in [0.1, 0.15) is 17.4 Å². The number of unbranched alkanes of at least 4 members (excludes halogenated alkanes) is 1. The van der Waals surface area contributed by atoms with E-state index < -0.39 is 0 Å². The Hall–Kier alpha value is -4.06. The van der Waals surface area contributed by atoms with Gasteiger partial charge in [-0.05, 0) is 43.4 Å². The van der Waals surface area contributed by atoms with Crippen LogP contribution in [-0.2, 0) is 5.41 Å². The number of amides is 1. The number of amidine groups is 2. The predicted octanol–water partition coefficient (Wildman–Crippen LogP) is 5.01. The molecule has 0 saturated heterocycles. The first kappa shape index (κ1) is 31.2. The van der Waals surface area contributed by atoms with Crippen molar-refractivity contribution in [3.63, 3.8) is 0 Å². The van der Waals surface area contributed by atoms with Gasteiger partial charge in [-0.3, -0.25) is 15.2 Å². The number of carbonyl (C=O) groups is 1. The highest BCUT2D eigenvalue weighted by Crippen LogP contribution is 2.23. The largest absolute Gasteiger partial charge is 0.391 e. The van der Waals surface area contributed by atoms with Crippen molar-refractivity contribution in [2.45, 2.75) is 85.1 Å². The highest BCUT2D eigenvalue weighted by molar-refractivity contribution is 6.22. The first-order chi connectivity index (χ1) is 18.4. The molecule has 1 aromatic carbocycles. The third kappa shape index (κ3) is 9.02. The van der Waals surface area contributed by atoms with Crippen molar-refractivity contribution in [2.75, 3.05) is 12.4 Å². The van der Waals surface area contributed by atoms with Gasteiger partial charge in [-0.2, -0.15) is 0 Å². The number of aryl methyl sites for hydroxylation is 1. The van der Waals surface area contributed by atoms with Crippen LogP contribution < -0.4 is 22.1 Å². The zero-order valence-electron chi connectivity index (χ0n) is 24.3. The van der Waals surface area contributed by atoms with Crippen LogP contribution in [0.15, 0.2) is 45.1 Å². The van der Waals surface area contributed by atoms with Crippen molar-refractivity contribution in [3.05, 3.63) is 58.1 Å². The van der Waals surface area contributed by atoms with E-state index in [1.54, 1.807) is 25.2 Å². The molecular formula is C30H43N7O2. The maximum absolute atomic E-state index is 12.7. The minimum Gasteiger partial charge on any atom is -0.391 e. The average molecular weight is 534 g/mol. The molecule has 1 aromatic heterocycles. The second kappa shape index (κ2) is 14.2. The molecule has 2 aromatic rings. The topological polar surface area (TPSA) is 155 Å². The number of nitrogens with zero attached hydrogens (tertiary/aromatic N) is 2. The minimum atomic E-state index is -0.380. The second-order valence-corrected chi connectivity index (χ2v) is 10.6. The molecule has 9 heteroatoms. The van der Waals surface area contributed by atoms with Gasteiger partial charge in [0.15, 0.2) is 5.69 Å². The van der Waals surface area contributed by atoms with E-state index >= 15 is 0 Å². The zero-order valence-corrected chi connectivity index (χ0v) is 24.3. The van der Waals surface area contributed by atoms with Gasteiger partial charge in [-0.1, -0.05) is 71.0 Å². The summed E-state index contributed by atoms with van der Waals surface area (Å²) in [5.41, 5.74) is 14.8. The third-order valence-electron chi connectivity index (χ3n) is 6.19. The Balaban J connectivity index is 2.32. The number of nitrogens with two attached hydrogens (primary N) is 2. The van der Waals surface area contributed by atoms with E-state index in [0.29, 0.717) is 22.8 Å². The van der Waals surface area contributed by atoms with E-state index in [-0.39, 0.29) is 40.2 Å². The normalized spacial score (nSPS) is 13.2. The van der Waals surface area contributed by atoms with Crippen molar-refractivity contribution >= 4 is 23.3 Å². The molecule has 0 fully saturated rings. The van der Waals surface area contributed by atoms with Gasteiger partial charge in [-0.15, -0.1) is 0 Å². The first-order valence-corrected chi connectivity index (χ1v) is 13.4. The molecule has 9 nitrogen and oxygen atoms in total. The lowest BCUT2D eigenvalue weighted by Crippen LogP contribution is -2.40. The van der Waals surface area contributed by atoms with Crippen LogP contribution in [0.1, 0.15) is 94.1 Å². The fourth-order valence-corrected chi connectivity index (χ4v) is 3.89. The summed E-state index contributed by atoms with van der Waals surface area (Å²) in [6.07, 6.45) is 5.17. The molecule has 0 bridgehead atoms. The smallest absolute Gasteiger partial charge is 0.277 e. The monoisotopic (exact) mass is 533 g/mol. The summed E-state index contributed by atoms with van der Waals surface area (Å²) in [6.45, 7) is 12.2. The molecule has 1 amide bonds. The van der Waals surface area contributed by atoms with Gasteiger partial charge in [0, 0.05) is 35.8 Å². The van der Waals surface area contributed by atoms with Gasteiger partial charge < -0.3 is 26.6 Å². The molecule has 0 aliphatic rings. The molecule has 1 atom stereocenters. The van der Waals surface area contributed by atoms with Gasteiger partial charge in [0.2, 0.25) is 0 Å². The number of hydrogen-bond donors (Lipinski definition) is 5. The van der Waals surface area contributed by atoms with Crippen LogP contribution in [0.2, 0.25) is 0 Å². The molecule has 1 heterocycles. The number of rotatable bonds is 10. The molecule has 0 saturated carbocycles. The van der Waals surface area contributed by atoms with Gasteiger partial charge in [0.25, 0.3) is 5.91 Å². The molecular weight excluding hydrogens is 490 g/mol. The van der Waals surface area contributed by atoms with E-state index in [1.165, 1.54) is 0 Å². The molecule has 210 valence electrons. The Bertz CT molecular complexity index is 1290. The van der Waals surface area contributed by atoms with Crippen LogP contribution in [0.5, 0.6) is 0 Å². The Labute approximate surface area is 232 Å². The van der Waals surface area contributed by atoms with Crippen molar-refractivity contribution in [1.29, 1.82) is 5.41 Å². The number of aliphatic imine (C=N–C) groups is 1. The molecule has 2 rings (SSSR count). The molecule has 39 heavy (non-hydrogen) atoms. The Morgan fingerprint density at radius 3 is 2.46 bits per heavy atom. The van der Waals surface area contributed by atoms with E-state index in [9.17, 15) is 4.79 Å². The maximum Gasteiger partial charge on any atom is 0.277 e. The number of anilines is 1. The second-order valence-electron chi connectivity index (χ2n) is 10.6. The van der Waals surface area contributed by atoms with Crippen LogP contribution in [0, 0.1) is 24.2 Å². The quantitative estimate of drug-likeness (QED) is 0.164. The summed E-state index contributed by atoms with van der Waals surface area (Å²) < 4.78 is 5.33. The first-order valence-electron chi connectivity index (χ1n) is 13.4. The van der Waals surface area contributed by atoms with E-state index in [0.717, 1.165) is 37.7 Å². The Morgan fingerprint density at radius 1 is 1.18 bits per heavy atom. The molecule has 0 aliphatic carbocycles. The van der Waals surface area contributed by atoms with E-state index in [1.807, 2.05) is 33.8 Å². The molecule has 0 spiro atoms. The molecule has 7 N–H and O–H groups in total. The number of aromatic nitrogens is 1. The van der Waals surface area contributed by atoms with Crippen molar-refractivity contribution in [3.8, 4) is 11.8 Å². The van der Waals surface area contributed by atoms with Crippen LogP contribution in [0.3, 0.4) is 0 Å². The summed E-state index contributed by atoms with van der Waals surface area (Å²) in [6, 6.07) is 7.27. The van der Waals surface area contributed by atoms with E-state index in [2.05, 4.69) is 46.5 Å². The fraction of sp³-hybridized carbons (Fsp3) is 0.467. The number of nitrogens with one attached hydrogen (secondary N) is 3. The van der Waals surface area contributed by atoms with Gasteiger partial charge in [0.05, 0.1) is 11.3 Å². The highest BCUT2D eigenvalue weighted by atomic mass is 16.5. The summed E-state index contributed by atoms with van der Waals surface area (Å²) in [5, 5.41) is 18.3. The lowest BCUT2D eigenvalue weighted by molar-refractivity contribution is 0.101. The SMILES string of the molecule is CCCCC(CCC)NC(=NC)/C(C(=N)N)=C(\N)C#Cc1cc(NC(=O)c2cc(C(C)(C)C)on2)ccc1C. The Morgan fingerprint density at radius 2 is 1.90 bits per heavy atom. The van der Waals surface area contributed by atoms with E-state index in [4.69, 9.17) is 21.4 Å². The summed E-state index contributed by atoms with van der Waals surface area (Å²) in [5.74, 6) is 6.51. The Kier molecular flexibility index (Phi) is 11.3. The highest BCUT2D eigenvalue weighted by Gasteiger charge is 2.22. The summed E-state index contributed by atoms with van der Waals surface area (Å²) in [4.78, 5) is 17.1. The zero-order chi connectivity index (χ0) is 29.2. The van der Waals surface area contributed by atoms with Crippen LogP contribution in [0.4, 0.5) is 5.69 Å². The van der Waals surface area contributed by atoms with Crippen LogP contribution in [0.25, 0.3) is 0 Å². The lowest BCUT2D eigenvalue weighted by Gasteiger charge is -2.21. The summed E-state index contributed by atoms with van der Waals surface area (Å²) in [7, 11) is 1.64. The van der Waals surface area contributed by atoms with Crippen LogP contribution in [-0.4, -0.2) is 35.8 Å². The van der Waals surface area contributed by atoms with Crippen molar-refractivity contribution in [1.82, 2.24) is 10.5 Å². The number of carbonyl (C=O) groups excluding carboxylic acids is 1. The van der Waals surface area contributed by atoms with Crippen molar-refractivity contribution < 1.29 is 9.32 Å². The minimum absolute atomic E-state index is 0.146.